The van der Waals surface area contributed by atoms with E-state index in [1.54, 1.807) is 6.07 Å². The number of hydrogen-bond acceptors (Lipinski definition) is 2. The van der Waals surface area contributed by atoms with Crippen LogP contribution in [0.2, 0.25) is 0 Å². The summed E-state index contributed by atoms with van der Waals surface area (Å²) in [5, 5.41) is 10.8. The molecule has 0 aliphatic heterocycles. The van der Waals surface area contributed by atoms with E-state index in [1.165, 1.54) is 18.4 Å². The van der Waals surface area contributed by atoms with Crippen LogP contribution in [0.3, 0.4) is 0 Å². The molecule has 1 N–H and O–H groups in total. The molecule has 0 bridgehead atoms. The van der Waals surface area contributed by atoms with Crippen molar-refractivity contribution in [1.29, 1.82) is 0 Å². The maximum Gasteiger partial charge on any atom is 0.352 e. The third kappa shape index (κ3) is 4.33. The summed E-state index contributed by atoms with van der Waals surface area (Å²) in [5.74, 6) is -0.108. The maximum atomic E-state index is 12.1. The number of ether oxygens (including phenoxy) is 1. The first-order valence-corrected chi connectivity index (χ1v) is 12.1. The van der Waals surface area contributed by atoms with Gasteiger partial charge in [-0.1, -0.05) is 51.1 Å². The van der Waals surface area contributed by atoms with Crippen LogP contribution in [0, 0.1) is 0 Å². The molecule has 174 valence electrons. The number of aromatic nitrogens is 1. The highest BCUT2D eigenvalue weighted by Gasteiger charge is 2.19. The number of carbonyl (C=O) groups is 1. The molecule has 1 heterocycles. The summed E-state index contributed by atoms with van der Waals surface area (Å²) >= 11 is 0. The van der Waals surface area contributed by atoms with E-state index in [0.29, 0.717) is 6.10 Å². The molecule has 0 unspecified atom stereocenters. The Morgan fingerprint density at radius 3 is 2.15 bits per heavy atom. The minimum Gasteiger partial charge on any atom is -0.490 e. The fourth-order valence-electron chi connectivity index (χ4n) is 4.87. The summed E-state index contributed by atoms with van der Waals surface area (Å²) in [6.45, 7) is 6.62. The van der Waals surface area contributed by atoms with Crippen molar-refractivity contribution in [1.82, 2.24) is 4.57 Å². The zero-order valence-electron chi connectivity index (χ0n) is 20.0. The van der Waals surface area contributed by atoms with Crippen LogP contribution in [-0.2, 0) is 5.41 Å². The van der Waals surface area contributed by atoms with E-state index < -0.39 is 5.97 Å². The van der Waals surface area contributed by atoms with Gasteiger partial charge in [-0.3, -0.25) is 0 Å². The molecule has 34 heavy (non-hydrogen) atoms. The van der Waals surface area contributed by atoms with Gasteiger partial charge in [0.25, 0.3) is 0 Å². The van der Waals surface area contributed by atoms with Crippen molar-refractivity contribution in [2.45, 2.75) is 58.0 Å². The molecule has 0 spiro atoms. The second-order valence-corrected chi connectivity index (χ2v) is 10.3. The van der Waals surface area contributed by atoms with Crippen molar-refractivity contribution in [3.05, 3.63) is 84.1 Å². The topological polar surface area (TPSA) is 51.5 Å². The van der Waals surface area contributed by atoms with Crippen LogP contribution < -0.4 is 4.74 Å². The predicted molar refractivity (Wildman–Crippen MR) is 137 cm³/mol. The first kappa shape index (κ1) is 22.3. The van der Waals surface area contributed by atoms with Gasteiger partial charge >= 0.3 is 5.97 Å². The van der Waals surface area contributed by atoms with Crippen molar-refractivity contribution >= 4 is 16.9 Å². The number of hydrogen-bond donors (Lipinski definition) is 1. The summed E-state index contributed by atoms with van der Waals surface area (Å²) < 4.78 is 7.89. The van der Waals surface area contributed by atoms with Crippen molar-refractivity contribution < 1.29 is 14.6 Å². The van der Waals surface area contributed by atoms with Gasteiger partial charge in [0.2, 0.25) is 0 Å². The lowest BCUT2D eigenvalue weighted by molar-refractivity contribution is 0.0688. The van der Waals surface area contributed by atoms with Crippen LogP contribution in [-0.4, -0.2) is 21.7 Å². The Bertz CT molecular complexity index is 1320. The Labute approximate surface area is 200 Å². The Hall–Kier alpha value is -3.53. The van der Waals surface area contributed by atoms with Gasteiger partial charge in [0, 0.05) is 11.1 Å². The van der Waals surface area contributed by atoms with Crippen LogP contribution in [0.5, 0.6) is 5.75 Å². The molecule has 1 fully saturated rings. The molecular formula is C30H31NO3. The monoisotopic (exact) mass is 453 g/mol. The second-order valence-electron chi connectivity index (χ2n) is 10.3. The third-order valence-corrected chi connectivity index (χ3v) is 6.80. The number of fused-ring (bicyclic) bond motifs is 1. The van der Waals surface area contributed by atoms with E-state index in [0.717, 1.165) is 46.3 Å². The van der Waals surface area contributed by atoms with Crippen molar-refractivity contribution in [2.75, 3.05) is 0 Å². The zero-order valence-corrected chi connectivity index (χ0v) is 20.0. The van der Waals surface area contributed by atoms with E-state index in [4.69, 9.17) is 4.74 Å². The number of nitrogens with zero attached hydrogens (tertiary/aromatic N) is 1. The van der Waals surface area contributed by atoms with E-state index in [9.17, 15) is 9.90 Å². The molecule has 0 radical (unpaired) electrons. The SMILES string of the molecule is CC(C)(C)c1ccc(-c2ccc3c(c2)cc(C(=O)O)n3-c2ccc(OC3CCCC3)cc2)cc1. The molecular weight excluding hydrogens is 422 g/mol. The smallest absolute Gasteiger partial charge is 0.352 e. The minimum absolute atomic E-state index is 0.105. The molecule has 1 aromatic heterocycles. The molecule has 1 aliphatic rings. The number of rotatable bonds is 5. The van der Waals surface area contributed by atoms with Gasteiger partial charge in [-0.15, -0.1) is 0 Å². The average Bonchev–Trinajstić information content (AvgIpc) is 3.46. The minimum atomic E-state index is -0.946. The van der Waals surface area contributed by atoms with E-state index >= 15 is 0 Å². The van der Waals surface area contributed by atoms with Crippen LogP contribution >= 0.6 is 0 Å². The second kappa shape index (κ2) is 8.68. The van der Waals surface area contributed by atoms with Crippen molar-refractivity contribution in [2.24, 2.45) is 0 Å². The highest BCUT2D eigenvalue weighted by atomic mass is 16.5. The van der Waals surface area contributed by atoms with Gasteiger partial charge in [0.15, 0.2) is 0 Å². The largest absolute Gasteiger partial charge is 0.490 e. The number of aromatic carboxylic acids is 1. The predicted octanol–water partition coefficient (Wildman–Crippen LogP) is 7.61. The lowest BCUT2D eigenvalue weighted by Crippen LogP contribution is -2.11. The number of carboxylic acids is 1. The van der Waals surface area contributed by atoms with Crippen LogP contribution in [0.25, 0.3) is 27.7 Å². The highest BCUT2D eigenvalue weighted by Crippen LogP contribution is 2.32. The van der Waals surface area contributed by atoms with Gasteiger partial charge in [0.1, 0.15) is 11.4 Å². The first-order chi connectivity index (χ1) is 16.3. The summed E-state index contributed by atoms with van der Waals surface area (Å²) in [6.07, 6.45) is 4.96. The molecule has 3 aromatic carbocycles. The van der Waals surface area contributed by atoms with E-state index in [1.807, 2.05) is 34.9 Å². The molecule has 1 saturated carbocycles. The quantitative estimate of drug-likeness (QED) is 0.338. The van der Waals surface area contributed by atoms with Crippen molar-refractivity contribution in [3.8, 4) is 22.6 Å². The maximum absolute atomic E-state index is 12.1. The molecule has 1 aliphatic carbocycles. The Morgan fingerprint density at radius 2 is 1.53 bits per heavy atom. The number of carboxylic acid groups (broad SMARTS) is 1. The Morgan fingerprint density at radius 1 is 0.882 bits per heavy atom. The van der Waals surface area contributed by atoms with Crippen molar-refractivity contribution in [3.63, 3.8) is 0 Å². The molecule has 0 amide bonds. The standard InChI is InChI=1S/C30H31NO3/c1-30(2,3)23-11-8-20(9-12-23)21-10-17-27-22(18-21)19-28(29(32)33)31(27)24-13-15-26(16-14-24)34-25-6-4-5-7-25/h8-19,25H,4-7H2,1-3H3,(H,32,33). The average molecular weight is 454 g/mol. The summed E-state index contributed by atoms with van der Waals surface area (Å²) in [7, 11) is 0. The Kier molecular flexibility index (Phi) is 5.68. The normalized spacial score (nSPS) is 14.6. The highest BCUT2D eigenvalue weighted by molar-refractivity contribution is 5.97. The van der Waals surface area contributed by atoms with Gasteiger partial charge < -0.3 is 14.4 Å². The van der Waals surface area contributed by atoms with Gasteiger partial charge in [-0.05, 0) is 90.3 Å². The lowest BCUT2D eigenvalue weighted by Gasteiger charge is -2.19. The molecule has 4 aromatic rings. The molecule has 0 atom stereocenters. The van der Waals surface area contributed by atoms with Crippen LogP contribution in [0.4, 0.5) is 0 Å². The first-order valence-electron chi connectivity index (χ1n) is 12.1. The third-order valence-electron chi connectivity index (χ3n) is 6.80. The lowest BCUT2D eigenvalue weighted by atomic mass is 9.86. The molecule has 5 rings (SSSR count). The van der Waals surface area contributed by atoms with Crippen LogP contribution in [0.1, 0.15) is 62.5 Å². The fraction of sp³-hybridized carbons (Fsp3) is 0.300. The zero-order chi connectivity index (χ0) is 23.9. The summed E-state index contributed by atoms with van der Waals surface area (Å²) in [6, 6.07) is 24.3. The van der Waals surface area contributed by atoms with Gasteiger partial charge in [0.05, 0.1) is 11.6 Å². The fourth-order valence-corrected chi connectivity index (χ4v) is 4.87. The molecule has 4 nitrogen and oxygen atoms in total. The van der Waals surface area contributed by atoms with Gasteiger partial charge in [-0.2, -0.15) is 0 Å². The van der Waals surface area contributed by atoms with E-state index in [-0.39, 0.29) is 11.1 Å². The summed E-state index contributed by atoms with van der Waals surface area (Å²) in [4.78, 5) is 12.1. The number of benzene rings is 3. The Balaban J connectivity index is 1.50. The van der Waals surface area contributed by atoms with E-state index in [2.05, 4.69) is 57.2 Å². The summed E-state index contributed by atoms with van der Waals surface area (Å²) in [5.41, 5.74) is 5.52. The molecule has 4 heteroatoms. The van der Waals surface area contributed by atoms with Crippen LogP contribution in [0.15, 0.2) is 72.8 Å². The molecule has 0 saturated heterocycles. The van der Waals surface area contributed by atoms with Gasteiger partial charge in [-0.25, -0.2) is 4.79 Å².